The molecule has 0 spiro atoms. The second kappa shape index (κ2) is 15.8. The molecule has 2 amide bonds. The lowest BCUT2D eigenvalue weighted by Crippen LogP contribution is -2.39. The molecule has 3 aromatic carbocycles. The molecule has 3 rings (SSSR count). The second-order valence-electron chi connectivity index (χ2n) is 12.8. The number of nitrogens with one attached hydrogen (secondary N) is 2. The van der Waals surface area contributed by atoms with Gasteiger partial charge >= 0.3 is 5.97 Å². The number of benzene rings is 3. The van der Waals surface area contributed by atoms with E-state index < -0.39 is 29.9 Å². The zero-order valence-electron chi connectivity index (χ0n) is 29.0. The summed E-state index contributed by atoms with van der Waals surface area (Å²) in [6.45, 7) is 16.1. The van der Waals surface area contributed by atoms with Gasteiger partial charge in [0.25, 0.3) is 11.8 Å². The maximum absolute atomic E-state index is 13.5. The first-order valence-electron chi connectivity index (χ1n) is 16.0. The largest absolute Gasteiger partial charge is 0.495 e. The fourth-order valence-corrected chi connectivity index (χ4v) is 4.92. The van der Waals surface area contributed by atoms with E-state index in [0.717, 1.165) is 25.3 Å². The number of para-hydroxylation sites is 2. The van der Waals surface area contributed by atoms with Gasteiger partial charge in [0.1, 0.15) is 11.5 Å². The molecule has 47 heavy (non-hydrogen) atoms. The van der Waals surface area contributed by atoms with Gasteiger partial charge in [-0.2, -0.15) is 0 Å². The molecule has 252 valence electrons. The minimum Gasteiger partial charge on any atom is -0.495 e. The Labute approximate surface area is 278 Å². The Morgan fingerprint density at radius 3 is 2.06 bits per heavy atom. The predicted octanol–water partition coefficient (Wildman–Crippen LogP) is 7.62. The number of Topliss-reactive ketones (excluding diaryl/α,β-unsaturated/α-hetero) is 1. The molecule has 0 fully saturated rings. The van der Waals surface area contributed by atoms with Crippen molar-refractivity contribution in [2.24, 2.45) is 0 Å². The molecule has 9 heteroatoms. The van der Waals surface area contributed by atoms with Crippen molar-refractivity contribution >= 4 is 34.9 Å². The standard InChI is InChI=1S/C38H48N2O7/c1-10-30(47-31-21-20-26(37(5,6)11-2)23-28(31)38(7,8)12-3)35(43)39-27-17-15-16-25(22-27)33(42)34(46-24(4)41)36(44)40-29-18-13-14-19-32(29)45-9/h13-23,30,34H,10-12H2,1-9H3,(H,39,43)(H,40,44). The topological polar surface area (TPSA) is 120 Å². The first-order chi connectivity index (χ1) is 22.2. The molecule has 3 aromatic rings. The van der Waals surface area contributed by atoms with E-state index in [4.69, 9.17) is 14.2 Å². The van der Waals surface area contributed by atoms with Crippen LogP contribution < -0.4 is 20.1 Å². The SMILES string of the molecule is CCC(Oc1ccc(C(C)(C)CC)cc1C(C)(C)CC)C(=O)Nc1cccc(C(=O)C(OC(C)=O)C(=O)Nc2ccccc2OC)c1. The zero-order valence-corrected chi connectivity index (χ0v) is 29.0. The number of carbonyl (C=O) groups is 4. The van der Waals surface area contributed by atoms with Crippen molar-refractivity contribution in [2.75, 3.05) is 17.7 Å². The lowest BCUT2D eigenvalue weighted by molar-refractivity contribution is -0.149. The predicted molar refractivity (Wildman–Crippen MR) is 184 cm³/mol. The van der Waals surface area contributed by atoms with E-state index in [1.54, 1.807) is 36.4 Å². The first kappa shape index (κ1) is 36.8. The minimum atomic E-state index is -1.77. The molecular formula is C38H48N2O7. The summed E-state index contributed by atoms with van der Waals surface area (Å²) in [4.78, 5) is 52.1. The number of methoxy groups -OCH3 is 1. The molecule has 0 aliphatic heterocycles. The molecule has 2 N–H and O–H groups in total. The molecule has 9 nitrogen and oxygen atoms in total. The van der Waals surface area contributed by atoms with E-state index >= 15 is 0 Å². The van der Waals surface area contributed by atoms with Crippen LogP contribution in [0.1, 0.15) is 96.1 Å². The van der Waals surface area contributed by atoms with Gasteiger partial charge < -0.3 is 24.8 Å². The van der Waals surface area contributed by atoms with Crippen molar-refractivity contribution in [1.29, 1.82) is 0 Å². The summed E-state index contributed by atoms with van der Waals surface area (Å²) in [7, 11) is 1.45. The first-order valence-corrected chi connectivity index (χ1v) is 16.0. The smallest absolute Gasteiger partial charge is 0.303 e. The van der Waals surface area contributed by atoms with E-state index in [0.29, 0.717) is 29.3 Å². The molecule has 2 unspecified atom stereocenters. The van der Waals surface area contributed by atoms with E-state index in [1.807, 2.05) is 13.0 Å². The van der Waals surface area contributed by atoms with Gasteiger partial charge in [0.2, 0.25) is 11.9 Å². The Morgan fingerprint density at radius 1 is 0.766 bits per heavy atom. The molecule has 0 saturated carbocycles. The Morgan fingerprint density at radius 2 is 1.45 bits per heavy atom. The van der Waals surface area contributed by atoms with Crippen LogP contribution in [0.2, 0.25) is 0 Å². The highest BCUT2D eigenvalue weighted by molar-refractivity contribution is 6.17. The molecule has 0 aliphatic carbocycles. The molecule has 0 aliphatic rings. The summed E-state index contributed by atoms with van der Waals surface area (Å²) in [6, 6.07) is 19.0. The minimum absolute atomic E-state index is 0.00929. The van der Waals surface area contributed by atoms with Crippen LogP contribution in [0.5, 0.6) is 11.5 Å². The summed E-state index contributed by atoms with van der Waals surface area (Å²) in [6.07, 6.45) is -0.318. The number of ether oxygens (including phenoxy) is 3. The van der Waals surface area contributed by atoms with Crippen LogP contribution in [0.4, 0.5) is 11.4 Å². The fraction of sp³-hybridized carbons (Fsp3) is 0.421. The van der Waals surface area contributed by atoms with Gasteiger partial charge in [0.05, 0.1) is 12.8 Å². The van der Waals surface area contributed by atoms with Crippen LogP contribution in [-0.4, -0.2) is 42.9 Å². The van der Waals surface area contributed by atoms with Gasteiger partial charge in [-0.15, -0.1) is 0 Å². The fourth-order valence-electron chi connectivity index (χ4n) is 4.92. The molecule has 0 radical (unpaired) electrons. The highest BCUT2D eigenvalue weighted by atomic mass is 16.6. The maximum atomic E-state index is 13.5. The number of esters is 1. The lowest BCUT2D eigenvalue weighted by Gasteiger charge is -2.31. The van der Waals surface area contributed by atoms with Crippen molar-refractivity contribution in [3.8, 4) is 11.5 Å². The molecule has 0 saturated heterocycles. The normalized spacial score (nSPS) is 12.8. The van der Waals surface area contributed by atoms with E-state index in [2.05, 4.69) is 64.3 Å². The summed E-state index contributed by atoms with van der Waals surface area (Å²) in [5.74, 6) is -1.76. The third-order valence-electron chi connectivity index (χ3n) is 8.73. The second-order valence-corrected chi connectivity index (χ2v) is 12.8. The number of carbonyl (C=O) groups excluding carboxylic acids is 4. The van der Waals surface area contributed by atoms with Crippen LogP contribution in [0, 0.1) is 0 Å². The number of amides is 2. The Kier molecular flexibility index (Phi) is 12.3. The van der Waals surface area contributed by atoms with E-state index in [-0.39, 0.29) is 22.3 Å². The Bertz CT molecular complexity index is 1590. The highest BCUT2D eigenvalue weighted by Crippen LogP contribution is 2.39. The lowest BCUT2D eigenvalue weighted by atomic mass is 9.76. The molecular weight excluding hydrogens is 596 g/mol. The van der Waals surface area contributed by atoms with Crippen LogP contribution in [0.15, 0.2) is 66.7 Å². The summed E-state index contributed by atoms with van der Waals surface area (Å²) in [5.41, 5.74) is 2.76. The number of hydrogen-bond donors (Lipinski definition) is 2. The molecule has 0 aromatic heterocycles. The number of hydrogen-bond acceptors (Lipinski definition) is 7. The van der Waals surface area contributed by atoms with E-state index in [1.165, 1.54) is 24.8 Å². The molecule has 2 atom stereocenters. The van der Waals surface area contributed by atoms with Crippen LogP contribution in [-0.2, 0) is 30.0 Å². The third-order valence-corrected chi connectivity index (χ3v) is 8.73. The van der Waals surface area contributed by atoms with Crippen LogP contribution in [0.3, 0.4) is 0 Å². The third kappa shape index (κ3) is 9.21. The Hall–Kier alpha value is -4.66. The van der Waals surface area contributed by atoms with Gasteiger partial charge in [-0.3, -0.25) is 19.2 Å². The molecule has 0 bridgehead atoms. The van der Waals surface area contributed by atoms with Gasteiger partial charge in [-0.05, 0) is 66.0 Å². The van der Waals surface area contributed by atoms with Gasteiger partial charge in [0, 0.05) is 23.7 Å². The molecule has 0 heterocycles. The van der Waals surface area contributed by atoms with Crippen LogP contribution in [0.25, 0.3) is 0 Å². The Balaban J connectivity index is 1.84. The summed E-state index contributed by atoms with van der Waals surface area (Å²) >= 11 is 0. The van der Waals surface area contributed by atoms with Crippen molar-refractivity contribution in [3.05, 3.63) is 83.4 Å². The number of anilines is 2. The van der Waals surface area contributed by atoms with Crippen molar-refractivity contribution in [3.63, 3.8) is 0 Å². The van der Waals surface area contributed by atoms with Crippen molar-refractivity contribution < 1.29 is 33.4 Å². The summed E-state index contributed by atoms with van der Waals surface area (Å²) < 4.78 is 16.8. The average molecular weight is 645 g/mol. The number of ketones is 1. The van der Waals surface area contributed by atoms with Gasteiger partial charge in [0.15, 0.2) is 6.10 Å². The van der Waals surface area contributed by atoms with Crippen molar-refractivity contribution in [1.82, 2.24) is 0 Å². The summed E-state index contributed by atoms with van der Waals surface area (Å²) in [5, 5.41) is 5.44. The highest BCUT2D eigenvalue weighted by Gasteiger charge is 2.32. The van der Waals surface area contributed by atoms with Gasteiger partial charge in [-0.1, -0.05) is 84.9 Å². The van der Waals surface area contributed by atoms with Crippen LogP contribution >= 0.6 is 0 Å². The quantitative estimate of drug-likeness (QED) is 0.0992. The van der Waals surface area contributed by atoms with Gasteiger partial charge in [-0.25, -0.2) is 0 Å². The van der Waals surface area contributed by atoms with Crippen molar-refractivity contribution in [2.45, 2.75) is 97.7 Å². The zero-order chi connectivity index (χ0) is 34.9. The monoisotopic (exact) mass is 644 g/mol. The maximum Gasteiger partial charge on any atom is 0.303 e. The average Bonchev–Trinajstić information content (AvgIpc) is 3.05. The number of rotatable bonds is 15. The van der Waals surface area contributed by atoms with E-state index in [9.17, 15) is 19.2 Å².